The molecule has 0 N–H and O–H groups in total. The van der Waals surface area contributed by atoms with Crippen LogP contribution in [-0.2, 0) is 0 Å². The predicted octanol–water partition coefficient (Wildman–Crippen LogP) is 2.35. The Balaban J connectivity index is 3.44. The van der Waals surface area contributed by atoms with E-state index in [0.29, 0.717) is 3.57 Å². The van der Waals surface area contributed by atoms with Crippen LogP contribution in [-0.4, -0.2) is 4.98 Å². The molecule has 0 aliphatic rings. The minimum Gasteiger partial charge on any atom is -0.242 e. The van der Waals surface area contributed by atoms with Crippen LogP contribution in [0.3, 0.4) is 0 Å². The zero-order valence-electron chi connectivity index (χ0n) is 5.11. The van der Waals surface area contributed by atoms with Crippen molar-refractivity contribution in [3.05, 3.63) is 26.3 Å². The lowest BCUT2D eigenvalue weighted by atomic mass is 10.3. The van der Waals surface area contributed by atoms with Crippen LogP contribution in [0.2, 0.25) is 5.15 Å². The molecule has 0 amide bonds. The molecule has 5 heteroatoms. The molecule has 1 aromatic rings. The van der Waals surface area contributed by atoms with E-state index in [-0.39, 0.29) is 10.7 Å². The fourth-order valence-electron chi connectivity index (χ4n) is 0.540. The van der Waals surface area contributed by atoms with Crippen LogP contribution in [0.15, 0.2) is 6.20 Å². The maximum Gasteiger partial charge on any atom is 0.158 e. The second kappa shape index (κ2) is 3.32. The lowest BCUT2D eigenvalue weighted by molar-refractivity contribution is 0.614. The van der Waals surface area contributed by atoms with Gasteiger partial charge in [0.2, 0.25) is 0 Å². The largest absolute Gasteiger partial charge is 0.242 e. The van der Waals surface area contributed by atoms with E-state index < -0.39 is 5.82 Å². The van der Waals surface area contributed by atoms with Crippen LogP contribution >= 0.6 is 34.2 Å². The van der Waals surface area contributed by atoms with E-state index in [4.69, 9.17) is 16.9 Å². The first-order valence-electron chi connectivity index (χ1n) is 2.56. The molecule has 1 rings (SSSR count). The molecule has 56 valence electrons. The summed E-state index contributed by atoms with van der Waals surface area (Å²) in [5, 5.41) is 8.31. The molecule has 0 saturated carbocycles. The Morgan fingerprint density at radius 3 is 2.82 bits per heavy atom. The van der Waals surface area contributed by atoms with Gasteiger partial charge < -0.3 is 0 Å². The van der Waals surface area contributed by atoms with Crippen LogP contribution in [0.25, 0.3) is 0 Å². The van der Waals surface area contributed by atoms with Gasteiger partial charge >= 0.3 is 0 Å². The van der Waals surface area contributed by atoms with Gasteiger partial charge in [-0.2, -0.15) is 5.26 Å². The Bertz CT molecular complexity index is 334. The molecule has 1 aromatic heterocycles. The topological polar surface area (TPSA) is 36.7 Å². The summed E-state index contributed by atoms with van der Waals surface area (Å²) in [5.74, 6) is -0.604. The van der Waals surface area contributed by atoms with E-state index >= 15 is 0 Å². The first-order chi connectivity index (χ1) is 5.16. The van der Waals surface area contributed by atoms with Gasteiger partial charge in [0.25, 0.3) is 0 Å². The molecule has 0 radical (unpaired) electrons. The van der Waals surface area contributed by atoms with Gasteiger partial charge in [0, 0.05) is 6.20 Å². The van der Waals surface area contributed by atoms with Crippen molar-refractivity contribution in [2.75, 3.05) is 0 Å². The van der Waals surface area contributed by atoms with Crippen molar-refractivity contribution in [1.82, 2.24) is 4.98 Å². The normalized spacial score (nSPS) is 9.27. The molecule has 0 aliphatic carbocycles. The molecule has 0 fully saturated rings. The molecule has 1 heterocycles. The molecule has 0 aliphatic heterocycles. The second-order valence-corrected chi connectivity index (χ2v) is 3.22. The van der Waals surface area contributed by atoms with Gasteiger partial charge in [-0.3, -0.25) is 0 Å². The quantitative estimate of drug-likeness (QED) is 0.541. The number of rotatable bonds is 0. The van der Waals surface area contributed by atoms with Crippen molar-refractivity contribution in [3.8, 4) is 6.07 Å². The van der Waals surface area contributed by atoms with E-state index in [1.807, 2.05) is 0 Å². The fraction of sp³-hybridized carbons (Fsp3) is 0. The first kappa shape index (κ1) is 8.68. The number of pyridine rings is 1. The Hall–Kier alpha value is -0.410. The Morgan fingerprint density at radius 2 is 2.36 bits per heavy atom. The van der Waals surface area contributed by atoms with Gasteiger partial charge in [-0.25, -0.2) is 9.37 Å². The summed E-state index contributed by atoms with van der Waals surface area (Å²) < 4.78 is 13.2. The summed E-state index contributed by atoms with van der Waals surface area (Å²) in [4.78, 5) is 3.61. The molecule has 0 unspecified atom stereocenters. The number of aromatic nitrogens is 1. The number of halogens is 3. The van der Waals surface area contributed by atoms with E-state index in [9.17, 15) is 4.39 Å². The highest BCUT2D eigenvalue weighted by molar-refractivity contribution is 14.1. The number of hydrogen-bond donors (Lipinski definition) is 0. The maximum atomic E-state index is 12.9. The van der Waals surface area contributed by atoms with Crippen molar-refractivity contribution in [1.29, 1.82) is 5.26 Å². The summed E-state index contributed by atoms with van der Waals surface area (Å²) >= 11 is 7.17. The molecule has 0 bridgehead atoms. The predicted molar refractivity (Wildman–Crippen MR) is 46.6 cm³/mol. The maximum absolute atomic E-state index is 12.9. The van der Waals surface area contributed by atoms with Crippen molar-refractivity contribution < 1.29 is 4.39 Å². The average Bonchev–Trinajstić information content (AvgIpc) is 1.99. The van der Waals surface area contributed by atoms with Gasteiger partial charge in [-0.1, -0.05) is 11.6 Å². The minimum absolute atomic E-state index is 0.0922. The summed E-state index contributed by atoms with van der Waals surface area (Å²) in [6, 6.07) is 1.63. The summed E-state index contributed by atoms with van der Waals surface area (Å²) in [6.07, 6.45) is 1.28. The van der Waals surface area contributed by atoms with Crippen molar-refractivity contribution in [2.24, 2.45) is 0 Å². The Kier molecular flexibility index (Phi) is 2.62. The van der Waals surface area contributed by atoms with E-state index in [0.717, 1.165) is 0 Å². The standard InChI is InChI=1S/C6HClFIN2/c7-6-3(1-10)5(8)4(9)2-11-6/h2H. The number of hydrogen-bond acceptors (Lipinski definition) is 2. The second-order valence-electron chi connectivity index (χ2n) is 1.70. The molecule has 0 saturated heterocycles. The lowest BCUT2D eigenvalue weighted by Gasteiger charge is -1.96. The number of nitriles is 1. The molecule has 0 aromatic carbocycles. The van der Waals surface area contributed by atoms with Crippen LogP contribution in [0.4, 0.5) is 4.39 Å². The zero-order chi connectivity index (χ0) is 8.43. The van der Waals surface area contributed by atoms with E-state index in [1.165, 1.54) is 6.20 Å². The van der Waals surface area contributed by atoms with Crippen LogP contribution in [0.5, 0.6) is 0 Å². The highest BCUT2D eigenvalue weighted by Crippen LogP contribution is 2.19. The highest BCUT2D eigenvalue weighted by Gasteiger charge is 2.10. The highest BCUT2D eigenvalue weighted by atomic mass is 127. The van der Waals surface area contributed by atoms with Gasteiger partial charge in [0.15, 0.2) is 5.82 Å². The summed E-state index contributed by atoms with van der Waals surface area (Å²) in [6.45, 7) is 0. The molecule has 0 atom stereocenters. The molecular formula is C6HClFIN2. The molecule has 0 spiro atoms. The summed E-state index contributed by atoms with van der Waals surface area (Å²) in [7, 11) is 0. The fourth-order valence-corrected chi connectivity index (χ4v) is 1.12. The third-order valence-corrected chi connectivity index (χ3v) is 2.08. The van der Waals surface area contributed by atoms with E-state index in [2.05, 4.69) is 4.98 Å². The Labute approximate surface area is 81.1 Å². The Morgan fingerprint density at radius 1 is 1.73 bits per heavy atom. The van der Waals surface area contributed by atoms with Gasteiger partial charge in [-0.15, -0.1) is 0 Å². The van der Waals surface area contributed by atoms with Crippen LogP contribution < -0.4 is 0 Å². The van der Waals surface area contributed by atoms with Crippen molar-refractivity contribution >= 4 is 34.2 Å². The number of nitrogens with zero attached hydrogens (tertiary/aromatic N) is 2. The van der Waals surface area contributed by atoms with Crippen LogP contribution in [0, 0.1) is 20.7 Å². The minimum atomic E-state index is -0.604. The molecule has 2 nitrogen and oxygen atoms in total. The smallest absolute Gasteiger partial charge is 0.158 e. The van der Waals surface area contributed by atoms with Gasteiger partial charge in [0.1, 0.15) is 16.8 Å². The average molecular weight is 282 g/mol. The first-order valence-corrected chi connectivity index (χ1v) is 4.02. The molecule has 11 heavy (non-hydrogen) atoms. The monoisotopic (exact) mass is 282 g/mol. The van der Waals surface area contributed by atoms with Crippen molar-refractivity contribution in [3.63, 3.8) is 0 Å². The van der Waals surface area contributed by atoms with Crippen LogP contribution in [0.1, 0.15) is 5.56 Å². The third-order valence-electron chi connectivity index (χ3n) is 1.04. The zero-order valence-corrected chi connectivity index (χ0v) is 8.02. The van der Waals surface area contributed by atoms with Gasteiger partial charge in [-0.05, 0) is 22.6 Å². The summed E-state index contributed by atoms with van der Waals surface area (Å²) in [5.41, 5.74) is -0.196. The molecular weight excluding hydrogens is 281 g/mol. The van der Waals surface area contributed by atoms with Crippen molar-refractivity contribution in [2.45, 2.75) is 0 Å². The van der Waals surface area contributed by atoms with E-state index in [1.54, 1.807) is 28.7 Å². The van der Waals surface area contributed by atoms with Gasteiger partial charge in [0.05, 0.1) is 3.57 Å². The third kappa shape index (κ3) is 1.60. The SMILES string of the molecule is N#Cc1c(Cl)ncc(I)c1F. The lowest BCUT2D eigenvalue weighted by Crippen LogP contribution is -1.92.